The van der Waals surface area contributed by atoms with E-state index in [1.807, 2.05) is 6.92 Å². The van der Waals surface area contributed by atoms with Crippen molar-refractivity contribution < 1.29 is 19.4 Å². The van der Waals surface area contributed by atoms with Crippen LogP contribution in [0.25, 0.3) is 0 Å². The van der Waals surface area contributed by atoms with Crippen molar-refractivity contribution in [1.29, 1.82) is 0 Å². The summed E-state index contributed by atoms with van der Waals surface area (Å²) >= 11 is 0. The maximum absolute atomic E-state index is 11.0. The Morgan fingerprint density at radius 2 is 2.14 bits per heavy atom. The quantitative estimate of drug-likeness (QED) is 0.749. The fourth-order valence-electron chi connectivity index (χ4n) is 1.45. The Kier molecular flexibility index (Phi) is 3.89. The summed E-state index contributed by atoms with van der Waals surface area (Å²) in [5, 5.41) is 9.01. The molecule has 0 amide bonds. The highest BCUT2D eigenvalue weighted by Gasteiger charge is 2.35. The first-order chi connectivity index (χ1) is 6.58. The van der Waals surface area contributed by atoms with Gasteiger partial charge >= 0.3 is 5.97 Å². The molecule has 1 aliphatic rings. The third-order valence-corrected chi connectivity index (χ3v) is 2.72. The van der Waals surface area contributed by atoms with E-state index in [-0.39, 0.29) is 6.10 Å². The summed E-state index contributed by atoms with van der Waals surface area (Å²) in [5.41, 5.74) is -1.04. The average molecular weight is 202 g/mol. The van der Waals surface area contributed by atoms with Gasteiger partial charge in [-0.2, -0.15) is 0 Å². The molecule has 0 saturated carbocycles. The van der Waals surface area contributed by atoms with Crippen molar-refractivity contribution in [3.8, 4) is 0 Å². The molecule has 0 bridgehead atoms. The molecule has 1 unspecified atom stereocenters. The molecule has 0 spiro atoms. The Bertz CT molecular complexity index is 198. The SMILES string of the molecule is CCC(C)(OC1CCOCC1)C(=O)O. The first-order valence-corrected chi connectivity index (χ1v) is 5.07. The van der Waals surface area contributed by atoms with Gasteiger partial charge in [0.2, 0.25) is 0 Å². The first kappa shape index (κ1) is 11.5. The van der Waals surface area contributed by atoms with E-state index in [1.165, 1.54) is 0 Å². The second-order valence-electron chi connectivity index (χ2n) is 3.82. The zero-order valence-corrected chi connectivity index (χ0v) is 8.78. The Labute approximate surface area is 84.2 Å². The normalized spacial score (nSPS) is 23.0. The van der Waals surface area contributed by atoms with Crippen molar-refractivity contribution in [3.05, 3.63) is 0 Å². The maximum atomic E-state index is 11.0. The zero-order chi connectivity index (χ0) is 10.6. The summed E-state index contributed by atoms with van der Waals surface area (Å²) in [5.74, 6) is -0.883. The summed E-state index contributed by atoms with van der Waals surface area (Å²) in [6.07, 6.45) is 2.11. The molecule has 1 N–H and O–H groups in total. The third-order valence-electron chi connectivity index (χ3n) is 2.72. The molecule has 4 heteroatoms. The molecular formula is C10H18O4. The van der Waals surface area contributed by atoms with Gasteiger partial charge < -0.3 is 14.6 Å². The first-order valence-electron chi connectivity index (χ1n) is 5.07. The Balaban J connectivity index is 2.50. The van der Waals surface area contributed by atoms with Crippen LogP contribution in [0.2, 0.25) is 0 Å². The van der Waals surface area contributed by atoms with Crippen LogP contribution in [0.15, 0.2) is 0 Å². The van der Waals surface area contributed by atoms with Gasteiger partial charge in [0.15, 0.2) is 5.60 Å². The van der Waals surface area contributed by atoms with Crippen LogP contribution in [-0.2, 0) is 14.3 Å². The van der Waals surface area contributed by atoms with Gasteiger partial charge in [-0.05, 0) is 26.2 Å². The fraction of sp³-hybridized carbons (Fsp3) is 0.900. The van der Waals surface area contributed by atoms with E-state index < -0.39 is 11.6 Å². The van der Waals surface area contributed by atoms with E-state index in [9.17, 15) is 4.79 Å². The largest absolute Gasteiger partial charge is 0.479 e. The van der Waals surface area contributed by atoms with Gasteiger partial charge in [0.1, 0.15) is 0 Å². The van der Waals surface area contributed by atoms with Crippen LogP contribution in [0.5, 0.6) is 0 Å². The molecular weight excluding hydrogens is 184 g/mol. The second kappa shape index (κ2) is 4.75. The lowest BCUT2D eigenvalue weighted by Gasteiger charge is -2.31. The fourth-order valence-corrected chi connectivity index (χ4v) is 1.45. The average Bonchev–Trinajstić information content (AvgIpc) is 2.19. The van der Waals surface area contributed by atoms with Crippen molar-refractivity contribution >= 4 is 5.97 Å². The standard InChI is InChI=1S/C10H18O4/c1-3-10(2,9(11)12)14-8-4-6-13-7-5-8/h8H,3-7H2,1-2H3,(H,11,12). The number of hydrogen-bond acceptors (Lipinski definition) is 3. The summed E-state index contributed by atoms with van der Waals surface area (Å²) in [6, 6.07) is 0. The van der Waals surface area contributed by atoms with Crippen LogP contribution in [0.4, 0.5) is 0 Å². The number of rotatable bonds is 4. The molecule has 0 radical (unpaired) electrons. The number of carbonyl (C=O) groups is 1. The summed E-state index contributed by atoms with van der Waals surface area (Å²) in [4.78, 5) is 11.0. The molecule has 0 aromatic carbocycles. The van der Waals surface area contributed by atoms with E-state index in [1.54, 1.807) is 6.92 Å². The maximum Gasteiger partial charge on any atom is 0.335 e. The minimum atomic E-state index is -1.04. The van der Waals surface area contributed by atoms with Gasteiger partial charge in [-0.15, -0.1) is 0 Å². The van der Waals surface area contributed by atoms with Crippen molar-refractivity contribution in [2.45, 2.75) is 44.8 Å². The molecule has 0 aliphatic carbocycles. The molecule has 82 valence electrons. The lowest BCUT2D eigenvalue weighted by atomic mass is 10.0. The zero-order valence-electron chi connectivity index (χ0n) is 8.78. The number of ether oxygens (including phenoxy) is 2. The summed E-state index contributed by atoms with van der Waals surface area (Å²) in [6.45, 7) is 4.80. The molecule has 1 rings (SSSR count). The van der Waals surface area contributed by atoms with Crippen LogP contribution in [-0.4, -0.2) is 36.0 Å². The molecule has 14 heavy (non-hydrogen) atoms. The predicted molar refractivity (Wildman–Crippen MR) is 51.3 cm³/mol. The topological polar surface area (TPSA) is 55.8 Å². The van der Waals surface area contributed by atoms with Crippen LogP contribution in [0.3, 0.4) is 0 Å². The highest BCUT2D eigenvalue weighted by Crippen LogP contribution is 2.22. The van der Waals surface area contributed by atoms with Gasteiger partial charge in [-0.25, -0.2) is 4.79 Å². The Hall–Kier alpha value is -0.610. The van der Waals surface area contributed by atoms with E-state index in [0.717, 1.165) is 12.8 Å². The lowest BCUT2D eigenvalue weighted by molar-refractivity contribution is -0.177. The monoisotopic (exact) mass is 202 g/mol. The Morgan fingerprint density at radius 3 is 2.57 bits per heavy atom. The van der Waals surface area contributed by atoms with E-state index in [2.05, 4.69) is 0 Å². The van der Waals surface area contributed by atoms with Crippen LogP contribution >= 0.6 is 0 Å². The van der Waals surface area contributed by atoms with Crippen LogP contribution in [0, 0.1) is 0 Å². The summed E-state index contributed by atoms with van der Waals surface area (Å²) in [7, 11) is 0. The molecule has 0 aromatic rings. The second-order valence-corrected chi connectivity index (χ2v) is 3.82. The van der Waals surface area contributed by atoms with Crippen molar-refractivity contribution in [2.24, 2.45) is 0 Å². The van der Waals surface area contributed by atoms with E-state index in [0.29, 0.717) is 19.6 Å². The van der Waals surface area contributed by atoms with Crippen molar-refractivity contribution in [3.63, 3.8) is 0 Å². The smallest absolute Gasteiger partial charge is 0.335 e. The van der Waals surface area contributed by atoms with Gasteiger partial charge in [0, 0.05) is 13.2 Å². The van der Waals surface area contributed by atoms with Crippen LogP contribution in [0.1, 0.15) is 33.1 Å². The Morgan fingerprint density at radius 1 is 1.57 bits per heavy atom. The number of carboxylic acid groups (broad SMARTS) is 1. The number of aliphatic carboxylic acids is 1. The molecule has 1 heterocycles. The number of hydrogen-bond donors (Lipinski definition) is 1. The lowest BCUT2D eigenvalue weighted by Crippen LogP contribution is -2.42. The molecule has 1 fully saturated rings. The van der Waals surface area contributed by atoms with Crippen molar-refractivity contribution in [2.75, 3.05) is 13.2 Å². The minimum Gasteiger partial charge on any atom is -0.479 e. The van der Waals surface area contributed by atoms with Crippen molar-refractivity contribution in [1.82, 2.24) is 0 Å². The minimum absolute atomic E-state index is 0.0322. The number of carboxylic acids is 1. The van der Waals surface area contributed by atoms with Gasteiger partial charge in [-0.1, -0.05) is 6.92 Å². The van der Waals surface area contributed by atoms with E-state index in [4.69, 9.17) is 14.6 Å². The molecule has 1 aliphatic heterocycles. The van der Waals surface area contributed by atoms with Crippen LogP contribution < -0.4 is 0 Å². The summed E-state index contributed by atoms with van der Waals surface area (Å²) < 4.78 is 10.8. The molecule has 1 atom stereocenters. The predicted octanol–water partition coefficient (Wildman–Crippen LogP) is 1.44. The third kappa shape index (κ3) is 2.69. The molecule has 1 saturated heterocycles. The van der Waals surface area contributed by atoms with E-state index >= 15 is 0 Å². The highest BCUT2D eigenvalue weighted by molar-refractivity contribution is 5.76. The highest BCUT2D eigenvalue weighted by atomic mass is 16.5. The van der Waals surface area contributed by atoms with Gasteiger partial charge in [0.25, 0.3) is 0 Å². The van der Waals surface area contributed by atoms with Gasteiger partial charge in [-0.3, -0.25) is 0 Å². The molecule has 0 aromatic heterocycles. The molecule has 4 nitrogen and oxygen atoms in total. The van der Waals surface area contributed by atoms with Gasteiger partial charge in [0.05, 0.1) is 6.10 Å².